The van der Waals surface area contributed by atoms with E-state index in [1.807, 2.05) is 6.92 Å². The predicted octanol–water partition coefficient (Wildman–Crippen LogP) is 1.16. The number of ketones is 1. The first-order valence-corrected chi connectivity index (χ1v) is 6.41. The van der Waals surface area contributed by atoms with Gasteiger partial charge in [0.05, 0.1) is 6.61 Å². The number of rotatable bonds is 6. The van der Waals surface area contributed by atoms with Crippen LogP contribution in [-0.4, -0.2) is 41.8 Å². The maximum Gasteiger partial charge on any atom is 0.325 e. The molecule has 0 aromatic carbocycles. The number of carbonyl (C=O) groups excluding carboxylic acids is 3. The summed E-state index contributed by atoms with van der Waals surface area (Å²) in [6.07, 6.45) is 1.72. The number of amides is 1. The number of nitrogens with zero attached hydrogens (tertiary/aromatic N) is 1. The van der Waals surface area contributed by atoms with Crippen molar-refractivity contribution in [2.24, 2.45) is 5.92 Å². The number of ether oxygens (including phenoxy) is 1. The summed E-state index contributed by atoms with van der Waals surface area (Å²) in [6.45, 7) is 5.53. The molecule has 5 heteroatoms. The summed E-state index contributed by atoms with van der Waals surface area (Å²) in [4.78, 5) is 36.0. The van der Waals surface area contributed by atoms with Crippen LogP contribution in [-0.2, 0) is 19.1 Å². The van der Waals surface area contributed by atoms with Gasteiger partial charge in [-0.15, -0.1) is 0 Å². The maximum absolute atomic E-state index is 12.1. The van der Waals surface area contributed by atoms with Crippen molar-refractivity contribution in [1.82, 2.24) is 4.90 Å². The summed E-state index contributed by atoms with van der Waals surface area (Å²) < 4.78 is 4.85. The molecule has 0 bridgehead atoms. The van der Waals surface area contributed by atoms with E-state index in [4.69, 9.17) is 4.74 Å². The molecule has 1 aliphatic heterocycles. The Hall–Kier alpha value is -1.39. The Bertz CT molecular complexity index is 340. The molecule has 1 amide bonds. The van der Waals surface area contributed by atoms with Gasteiger partial charge in [-0.2, -0.15) is 0 Å². The SMILES string of the molecule is CCOC(=O)CN1C(=O)[C@@H](CCC(C)=O)C[C@H]1C. The van der Waals surface area contributed by atoms with E-state index < -0.39 is 0 Å². The first kappa shape index (κ1) is 14.7. The average Bonchev–Trinajstić information content (AvgIpc) is 2.54. The van der Waals surface area contributed by atoms with E-state index in [0.717, 1.165) is 0 Å². The summed E-state index contributed by atoms with van der Waals surface area (Å²) in [6, 6.07) is 0.0406. The summed E-state index contributed by atoms with van der Waals surface area (Å²) in [5, 5.41) is 0. The lowest BCUT2D eigenvalue weighted by molar-refractivity contribution is -0.149. The highest BCUT2D eigenvalue weighted by Crippen LogP contribution is 2.27. The fraction of sp³-hybridized carbons (Fsp3) is 0.769. The number of carbonyl (C=O) groups is 3. The molecular weight excluding hydrogens is 234 g/mol. The number of hydrogen-bond acceptors (Lipinski definition) is 4. The largest absolute Gasteiger partial charge is 0.465 e. The molecular formula is C13H21NO4. The lowest BCUT2D eigenvalue weighted by Gasteiger charge is -2.20. The molecule has 1 fully saturated rings. The first-order chi connectivity index (χ1) is 8.45. The van der Waals surface area contributed by atoms with Crippen molar-refractivity contribution in [3.8, 4) is 0 Å². The van der Waals surface area contributed by atoms with Crippen molar-refractivity contribution >= 4 is 17.7 Å². The van der Waals surface area contributed by atoms with Gasteiger partial charge in [-0.1, -0.05) is 0 Å². The monoisotopic (exact) mass is 255 g/mol. The first-order valence-electron chi connectivity index (χ1n) is 6.41. The van der Waals surface area contributed by atoms with Crippen molar-refractivity contribution in [3.63, 3.8) is 0 Å². The zero-order valence-corrected chi connectivity index (χ0v) is 11.3. The van der Waals surface area contributed by atoms with Crippen molar-refractivity contribution in [1.29, 1.82) is 0 Å². The van der Waals surface area contributed by atoms with Crippen LogP contribution >= 0.6 is 0 Å². The standard InChI is InChI=1S/C13H21NO4/c1-4-18-12(16)8-14-9(2)7-11(13(14)17)6-5-10(3)15/h9,11H,4-8H2,1-3H3/t9-,11+/m1/s1. The van der Waals surface area contributed by atoms with Crippen LogP contribution in [0.2, 0.25) is 0 Å². The third-order valence-corrected chi connectivity index (χ3v) is 3.24. The van der Waals surface area contributed by atoms with E-state index in [2.05, 4.69) is 0 Å². The van der Waals surface area contributed by atoms with Crippen LogP contribution in [0.25, 0.3) is 0 Å². The topological polar surface area (TPSA) is 63.7 Å². The van der Waals surface area contributed by atoms with Gasteiger partial charge in [-0.05, 0) is 33.6 Å². The van der Waals surface area contributed by atoms with Crippen molar-refractivity contribution in [2.75, 3.05) is 13.2 Å². The molecule has 0 aliphatic carbocycles. The summed E-state index contributed by atoms with van der Waals surface area (Å²) in [5.41, 5.74) is 0. The van der Waals surface area contributed by atoms with Crippen molar-refractivity contribution in [3.05, 3.63) is 0 Å². The zero-order chi connectivity index (χ0) is 13.7. The second-order valence-electron chi connectivity index (χ2n) is 4.79. The Kier molecular flexibility index (Phi) is 5.31. The van der Waals surface area contributed by atoms with Gasteiger partial charge in [-0.3, -0.25) is 9.59 Å². The zero-order valence-electron chi connectivity index (χ0n) is 11.3. The fourth-order valence-electron chi connectivity index (χ4n) is 2.29. The van der Waals surface area contributed by atoms with Gasteiger partial charge in [0.2, 0.25) is 5.91 Å². The summed E-state index contributed by atoms with van der Waals surface area (Å²) in [7, 11) is 0. The molecule has 0 spiro atoms. The molecule has 2 atom stereocenters. The molecule has 18 heavy (non-hydrogen) atoms. The molecule has 5 nitrogen and oxygen atoms in total. The van der Waals surface area contributed by atoms with E-state index in [1.54, 1.807) is 11.8 Å². The van der Waals surface area contributed by atoms with E-state index in [1.165, 1.54) is 6.92 Å². The molecule has 1 saturated heterocycles. The minimum atomic E-state index is -0.370. The van der Waals surface area contributed by atoms with Gasteiger partial charge >= 0.3 is 5.97 Å². The third kappa shape index (κ3) is 3.82. The molecule has 1 rings (SSSR count). The normalized spacial score (nSPS) is 23.3. The van der Waals surface area contributed by atoms with Gasteiger partial charge < -0.3 is 14.4 Å². The predicted molar refractivity (Wildman–Crippen MR) is 65.8 cm³/mol. The van der Waals surface area contributed by atoms with Crippen molar-refractivity contribution in [2.45, 2.75) is 46.1 Å². The van der Waals surface area contributed by atoms with Crippen LogP contribution in [0.3, 0.4) is 0 Å². The molecule has 0 unspecified atom stereocenters. The Morgan fingerprint density at radius 2 is 2.11 bits per heavy atom. The van der Waals surface area contributed by atoms with Gasteiger partial charge in [0.15, 0.2) is 0 Å². The Balaban J connectivity index is 2.53. The van der Waals surface area contributed by atoms with Crippen molar-refractivity contribution < 1.29 is 19.1 Å². The van der Waals surface area contributed by atoms with Gasteiger partial charge in [0, 0.05) is 18.4 Å². The van der Waals surface area contributed by atoms with E-state index in [0.29, 0.717) is 25.9 Å². The van der Waals surface area contributed by atoms with Crippen LogP contribution in [0, 0.1) is 5.92 Å². The highest BCUT2D eigenvalue weighted by Gasteiger charge is 2.37. The number of Topliss-reactive ketones (excluding diaryl/α,β-unsaturated/α-hetero) is 1. The quantitative estimate of drug-likeness (QED) is 0.668. The fourth-order valence-corrected chi connectivity index (χ4v) is 2.29. The molecule has 0 aromatic heterocycles. The minimum absolute atomic E-state index is 0.0183. The molecule has 0 saturated carbocycles. The summed E-state index contributed by atoms with van der Waals surface area (Å²) in [5.74, 6) is -0.431. The molecule has 0 radical (unpaired) electrons. The highest BCUT2D eigenvalue weighted by atomic mass is 16.5. The van der Waals surface area contributed by atoms with E-state index in [9.17, 15) is 14.4 Å². The number of esters is 1. The van der Waals surface area contributed by atoms with Crippen LogP contribution in [0.15, 0.2) is 0 Å². The van der Waals surface area contributed by atoms with E-state index in [-0.39, 0.29) is 36.2 Å². The molecule has 1 aliphatic rings. The van der Waals surface area contributed by atoms with Crippen LogP contribution in [0.1, 0.15) is 40.0 Å². The minimum Gasteiger partial charge on any atom is -0.465 e. The van der Waals surface area contributed by atoms with E-state index >= 15 is 0 Å². The number of hydrogen-bond donors (Lipinski definition) is 0. The smallest absolute Gasteiger partial charge is 0.325 e. The summed E-state index contributed by atoms with van der Waals surface area (Å²) >= 11 is 0. The second-order valence-corrected chi connectivity index (χ2v) is 4.79. The Morgan fingerprint density at radius 3 is 2.67 bits per heavy atom. The van der Waals surface area contributed by atoms with Crippen LogP contribution in [0.4, 0.5) is 0 Å². The maximum atomic E-state index is 12.1. The lowest BCUT2D eigenvalue weighted by atomic mass is 9.99. The van der Waals surface area contributed by atoms with Crippen LogP contribution < -0.4 is 0 Å². The van der Waals surface area contributed by atoms with Gasteiger partial charge in [-0.25, -0.2) is 0 Å². The third-order valence-electron chi connectivity index (χ3n) is 3.24. The number of likely N-dealkylation sites (tertiary alicyclic amines) is 1. The van der Waals surface area contributed by atoms with Crippen LogP contribution in [0.5, 0.6) is 0 Å². The Labute approximate surface area is 107 Å². The highest BCUT2D eigenvalue weighted by molar-refractivity contribution is 5.86. The molecule has 0 N–H and O–H groups in total. The van der Waals surface area contributed by atoms with Gasteiger partial charge in [0.1, 0.15) is 12.3 Å². The molecule has 0 aromatic rings. The Morgan fingerprint density at radius 1 is 1.44 bits per heavy atom. The lowest BCUT2D eigenvalue weighted by Crippen LogP contribution is -2.37. The molecule has 102 valence electrons. The average molecular weight is 255 g/mol. The second kappa shape index (κ2) is 6.52. The molecule has 1 heterocycles. The van der Waals surface area contributed by atoms with Gasteiger partial charge in [0.25, 0.3) is 0 Å².